The molecule has 0 radical (unpaired) electrons. The van der Waals surface area contributed by atoms with E-state index in [9.17, 15) is 8.78 Å². The summed E-state index contributed by atoms with van der Waals surface area (Å²) in [6.45, 7) is 1.51. The number of thioether (sulfide) groups is 1. The van der Waals surface area contributed by atoms with Crippen LogP contribution in [0.3, 0.4) is 0 Å². The lowest BCUT2D eigenvalue weighted by atomic mass is 10.0. The third-order valence-corrected chi connectivity index (χ3v) is 6.10. The van der Waals surface area contributed by atoms with Gasteiger partial charge in [0, 0.05) is 5.56 Å². The third-order valence-electron chi connectivity index (χ3n) is 4.65. The van der Waals surface area contributed by atoms with Crippen molar-refractivity contribution >= 4 is 22.8 Å². The van der Waals surface area contributed by atoms with E-state index in [-0.39, 0.29) is 5.56 Å². The van der Waals surface area contributed by atoms with Crippen LogP contribution in [-0.2, 0) is 9.61 Å². The van der Waals surface area contributed by atoms with Gasteiger partial charge >= 0.3 is 6.02 Å². The molecule has 5 nitrogen and oxygen atoms in total. The molecule has 2 aromatic rings. The van der Waals surface area contributed by atoms with E-state index in [1.807, 2.05) is 30.3 Å². The molecule has 0 saturated heterocycles. The van der Waals surface area contributed by atoms with E-state index in [0.29, 0.717) is 37.2 Å². The Bertz CT molecular complexity index is 922. The molecule has 2 N–H and O–H groups in total. The summed E-state index contributed by atoms with van der Waals surface area (Å²) in [6.07, 6.45) is 1.37. The minimum atomic E-state index is -0.697. The van der Waals surface area contributed by atoms with E-state index in [2.05, 4.69) is 10.1 Å². The number of nitrogens with zero attached hydrogens (tertiary/aromatic N) is 3. The first-order chi connectivity index (χ1) is 13.6. The number of hydrogen-bond donors (Lipinski definition) is 1. The molecule has 4 rings (SSSR count). The highest BCUT2D eigenvalue weighted by molar-refractivity contribution is 8.15. The van der Waals surface area contributed by atoms with Gasteiger partial charge in [0.05, 0.1) is 6.54 Å². The third kappa shape index (κ3) is 3.38. The Morgan fingerprint density at radius 2 is 2.00 bits per heavy atom. The second-order valence-electron chi connectivity index (χ2n) is 6.50. The van der Waals surface area contributed by atoms with Crippen molar-refractivity contribution in [1.82, 2.24) is 5.01 Å². The summed E-state index contributed by atoms with van der Waals surface area (Å²) >= 11 is 1.37. The van der Waals surface area contributed by atoms with E-state index in [0.717, 1.165) is 24.1 Å². The van der Waals surface area contributed by atoms with Crippen LogP contribution in [0.25, 0.3) is 0 Å². The predicted octanol–water partition coefficient (Wildman–Crippen LogP) is 3.65. The van der Waals surface area contributed by atoms with E-state index < -0.39 is 16.5 Å². The van der Waals surface area contributed by atoms with Crippen molar-refractivity contribution in [3.63, 3.8) is 0 Å². The lowest BCUT2D eigenvalue weighted by Crippen LogP contribution is -2.42. The molecule has 0 saturated carbocycles. The zero-order valence-electron chi connectivity index (χ0n) is 15.1. The fraction of sp³-hybridized carbons (Fsp3) is 0.300. The summed E-state index contributed by atoms with van der Waals surface area (Å²) in [5.41, 5.74) is 6.89. The van der Waals surface area contributed by atoms with Gasteiger partial charge in [-0.2, -0.15) is 10.1 Å². The molecule has 2 aliphatic rings. The van der Waals surface area contributed by atoms with Gasteiger partial charge in [-0.15, -0.1) is 0 Å². The maximum Gasteiger partial charge on any atom is 0.310 e. The molecular weight excluding hydrogens is 382 g/mol. The van der Waals surface area contributed by atoms with Gasteiger partial charge in [-0.1, -0.05) is 42.1 Å². The van der Waals surface area contributed by atoms with Gasteiger partial charge in [0.15, 0.2) is 0 Å². The van der Waals surface area contributed by atoms with Crippen LogP contribution >= 0.6 is 11.8 Å². The Morgan fingerprint density at radius 1 is 1.18 bits per heavy atom. The van der Waals surface area contributed by atoms with Crippen LogP contribution in [0.5, 0.6) is 0 Å². The van der Waals surface area contributed by atoms with Gasteiger partial charge in [-0.3, -0.25) is 0 Å². The SMILES string of the molecule is NCCCC1(c2ccccc2)SC(c2cc(F)ccc2F)=NN1C1=NCCO1. The van der Waals surface area contributed by atoms with Gasteiger partial charge in [-0.05, 0) is 43.1 Å². The molecular formula is C20H20F2N4OS. The van der Waals surface area contributed by atoms with Gasteiger partial charge in [0.25, 0.3) is 0 Å². The topological polar surface area (TPSA) is 63.2 Å². The van der Waals surface area contributed by atoms with Crippen molar-refractivity contribution < 1.29 is 13.5 Å². The van der Waals surface area contributed by atoms with Crippen LogP contribution in [0.2, 0.25) is 0 Å². The van der Waals surface area contributed by atoms with Crippen molar-refractivity contribution in [3.8, 4) is 0 Å². The molecule has 2 heterocycles. The van der Waals surface area contributed by atoms with Gasteiger partial charge in [0.2, 0.25) is 0 Å². The van der Waals surface area contributed by atoms with E-state index in [1.165, 1.54) is 17.8 Å². The van der Waals surface area contributed by atoms with Crippen molar-refractivity contribution in [2.75, 3.05) is 19.7 Å². The van der Waals surface area contributed by atoms with E-state index >= 15 is 0 Å². The molecule has 0 amide bonds. The van der Waals surface area contributed by atoms with Crippen molar-refractivity contribution in [1.29, 1.82) is 0 Å². The molecule has 1 unspecified atom stereocenters. The number of aliphatic imine (C=N–C) groups is 1. The largest absolute Gasteiger partial charge is 0.462 e. The molecule has 28 heavy (non-hydrogen) atoms. The summed E-state index contributed by atoms with van der Waals surface area (Å²) in [5.74, 6) is -1.04. The summed E-state index contributed by atoms with van der Waals surface area (Å²) in [6, 6.07) is 13.6. The molecule has 2 aromatic carbocycles. The second kappa shape index (κ2) is 7.89. The summed E-state index contributed by atoms with van der Waals surface area (Å²) in [4.78, 5) is 3.72. The highest BCUT2D eigenvalue weighted by Crippen LogP contribution is 2.51. The Labute approximate surface area is 166 Å². The van der Waals surface area contributed by atoms with Gasteiger partial charge in [0.1, 0.15) is 28.2 Å². The Morgan fingerprint density at radius 3 is 2.71 bits per heavy atom. The second-order valence-corrected chi connectivity index (χ2v) is 7.76. The zero-order chi connectivity index (χ0) is 19.6. The molecule has 0 aliphatic carbocycles. The average Bonchev–Trinajstić information content (AvgIpc) is 3.37. The maximum absolute atomic E-state index is 14.5. The fourth-order valence-corrected chi connectivity index (χ4v) is 4.75. The first-order valence-electron chi connectivity index (χ1n) is 9.10. The first-order valence-corrected chi connectivity index (χ1v) is 9.92. The molecule has 0 spiro atoms. The van der Waals surface area contributed by atoms with Crippen LogP contribution in [0.4, 0.5) is 8.78 Å². The zero-order valence-corrected chi connectivity index (χ0v) is 16.0. The van der Waals surface area contributed by atoms with Crippen LogP contribution < -0.4 is 5.73 Å². The van der Waals surface area contributed by atoms with Crippen LogP contribution in [0.1, 0.15) is 24.0 Å². The Hall–Kier alpha value is -2.45. The number of halogens is 2. The number of nitrogens with two attached hydrogens (primary N) is 1. The minimum absolute atomic E-state index is 0.124. The first kappa shape index (κ1) is 18.9. The molecule has 146 valence electrons. The van der Waals surface area contributed by atoms with Gasteiger partial charge in [-0.25, -0.2) is 13.8 Å². The number of hydrazone groups is 1. The Kier molecular flexibility index (Phi) is 5.32. The lowest BCUT2D eigenvalue weighted by molar-refractivity contribution is 0.202. The predicted molar refractivity (Wildman–Crippen MR) is 107 cm³/mol. The Balaban J connectivity index is 1.84. The normalized spacial score (nSPS) is 21.5. The molecule has 8 heteroatoms. The number of amidine groups is 1. The summed E-state index contributed by atoms with van der Waals surface area (Å²) in [5, 5.41) is 6.72. The van der Waals surface area contributed by atoms with E-state index in [4.69, 9.17) is 10.5 Å². The van der Waals surface area contributed by atoms with Crippen LogP contribution in [0, 0.1) is 11.6 Å². The quantitative estimate of drug-likeness (QED) is 0.829. The molecule has 0 fully saturated rings. The minimum Gasteiger partial charge on any atom is -0.462 e. The van der Waals surface area contributed by atoms with Gasteiger partial charge < -0.3 is 10.5 Å². The van der Waals surface area contributed by atoms with E-state index in [1.54, 1.807) is 5.01 Å². The number of ether oxygens (including phenoxy) is 1. The molecule has 0 aromatic heterocycles. The molecule has 0 bridgehead atoms. The summed E-state index contributed by atoms with van der Waals surface area (Å²) in [7, 11) is 0. The van der Waals surface area contributed by atoms with Crippen molar-refractivity contribution in [3.05, 3.63) is 71.3 Å². The highest BCUT2D eigenvalue weighted by atomic mass is 32.2. The summed E-state index contributed by atoms with van der Waals surface area (Å²) < 4.78 is 34.0. The number of rotatable bonds is 5. The number of benzene rings is 2. The number of hydrogen-bond acceptors (Lipinski definition) is 6. The maximum atomic E-state index is 14.5. The molecule has 2 aliphatic heterocycles. The standard InChI is InChI=1S/C20H20F2N4OS/c21-15-7-8-17(22)16(13-15)18-25-26(19-24-11-12-27-19)20(28-18,9-4-10-23)14-5-2-1-3-6-14/h1-3,5-8,13H,4,9-12,23H2. The smallest absolute Gasteiger partial charge is 0.310 e. The molecule has 1 atom stereocenters. The average molecular weight is 402 g/mol. The highest BCUT2D eigenvalue weighted by Gasteiger charge is 2.49. The van der Waals surface area contributed by atoms with Crippen LogP contribution in [0.15, 0.2) is 58.6 Å². The van der Waals surface area contributed by atoms with Crippen molar-refractivity contribution in [2.24, 2.45) is 15.8 Å². The van der Waals surface area contributed by atoms with Crippen molar-refractivity contribution in [2.45, 2.75) is 17.7 Å². The monoisotopic (exact) mass is 402 g/mol. The lowest BCUT2D eigenvalue weighted by Gasteiger charge is -2.36. The fourth-order valence-electron chi connectivity index (χ4n) is 3.34. The van der Waals surface area contributed by atoms with Crippen LogP contribution in [-0.4, -0.2) is 35.8 Å².